The summed E-state index contributed by atoms with van der Waals surface area (Å²) in [6.45, 7) is 5.37. The number of carbonyl (C=O) groups excluding carboxylic acids is 1. The summed E-state index contributed by atoms with van der Waals surface area (Å²) in [5.74, 6) is 1.67. The van der Waals surface area contributed by atoms with Crippen LogP contribution in [0.25, 0.3) is 0 Å². The Morgan fingerprint density at radius 1 is 1.06 bits per heavy atom. The van der Waals surface area contributed by atoms with E-state index in [1.54, 1.807) is 18.2 Å². The van der Waals surface area contributed by atoms with E-state index in [2.05, 4.69) is 16.7 Å². The van der Waals surface area contributed by atoms with Crippen molar-refractivity contribution < 1.29 is 19.4 Å². The Hall–Kier alpha value is -2.93. The van der Waals surface area contributed by atoms with Gasteiger partial charge in [-0.1, -0.05) is 30.3 Å². The van der Waals surface area contributed by atoms with E-state index in [0.717, 1.165) is 42.8 Å². The highest BCUT2D eigenvalue weighted by Gasteiger charge is 2.32. The van der Waals surface area contributed by atoms with Crippen LogP contribution in [0.2, 0.25) is 0 Å². The fraction of sp³-hybridized carbons (Fsp3) is 0.320. The van der Waals surface area contributed by atoms with E-state index in [9.17, 15) is 15.0 Å². The summed E-state index contributed by atoms with van der Waals surface area (Å²) >= 11 is 0. The van der Waals surface area contributed by atoms with E-state index in [1.165, 1.54) is 0 Å². The van der Waals surface area contributed by atoms with Crippen LogP contribution >= 0.6 is 0 Å². The summed E-state index contributed by atoms with van der Waals surface area (Å²) in [6, 6.07) is 19.0. The van der Waals surface area contributed by atoms with Gasteiger partial charge in [-0.15, -0.1) is 0 Å². The molecule has 0 aliphatic carbocycles. The number of aliphatic hydroxyl groups is 1. The van der Waals surface area contributed by atoms with Crippen molar-refractivity contribution >= 4 is 6.29 Å². The van der Waals surface area contributed by atoms with Crippen LogP contribution in [-0.4, -0.2) is 52.0 Å². The minimum absolute atomic E-state index is 0.0613. The lowest BCUT2D eigenvalue weighted by atomic mass is 9.93. The van der Waals surface area contributed by atoms with Crippen molar-refractivity contribution in [3.05, 3.63) is 88.9 Å². The van der Waals surface area contributed by atoms with Gasteiger partial charge in [0.25, 0.3) is 0 Å². The van der Waals surface area contributed by atoms with Crippen molar-refractivity contribution in [2.45, 2.75) is 32.2 Å². The maximum absolute atomic E-state index is 11.4. The highest BCUT2D eigenvalue weighted by Crippen LogP contribution is 2.34. The van der Waals surface area contributed by atoms with E-state index in [0.29, 0.717) is 17.9 Å². The highest BCUT2D eigenvalue weighted by atomic mass is 16.4. The van der Waals surface area contributed by atoms with E-state index >= 15 is 0 Å². The van der Waals surface area contributed by atoms with Gasteiger partial charge in [-0.2, -0.15) is 0 Å². The second kappa shape index (κ2) is 9.47. The predicted molar refractivity (Wildman–Crippen MR) is 118 cm³/mol. The number of carbonyl (C=O) groups is 1. The minimum Gasteiger partial charge on any atom is -0.508 e. The first-order chi connectivity index (χ1) is 15.1. The van der Waals surface area contributed by atoms with E-state index in [1.807, 2.05) is 42.5 Å². The Kier molecular flexibility index (Phi) is 6.51. The van der Waals surface area contributed by atoms with Gasteiger partial charge in [-0.05, 0) is 48.4 Å². The topological polar surface area (TPSA) is 77.2 Å². The van der Waals surface area contributed by atoms with E-state index < -0.39 is 0 Å². The molecule has 1 saturated heterocycles. The van der Waals surface area contributed by atoms with Crippen LogP contribution in [-0.2, 0) is 13.2 Å². The molecule has 1 aromatic heterocycles. The number of hydrogen-bond donors (Lipinski definition) is 2. The Bertz CT molecular complexity index is 1030. The second-order valence-electron chi connectivity index (χ2n) is 8.13. The zero-order valence-electron chi connectivity index (χ0n) is 17.6. The number of benzene rings is 2. The van der Waals surface area contributed by atoms with Crippen LogP contribution in [0.1, 0.15) is 46.0 Å². The lowest BCUT2D eigenvalue weighted by molar-refractivity contribution is 0.0529. The van der Waals surface area contributed by atoms with Crippen LogP contribution in [0.4, 0.5) is 0 Å². The molecule has 31 heavy (non-hydrogen) atoms. The Morgan fingerprint density at radius 3 is 2.48 bits per heavy atom. The first-order valence-corrected chi connectivity index (χ1v) is 10.6. The van der Waals surface area contributed by atoms with Crippen LogP contribution in [0.3, 0.4) is 0 Å². The van der Waals surface area contributed by atoms with Gasteiger partial charge in [-0.25, -0.2) is 0 Å². The van der Waals surface area contributed by atoms with Gasteiger partial charge in [0.1, 0.15) is 30.2 Å². The van der Waals surface area contributed by atoms with Crippen LogP contribution in [0, 0.1) is 0 Å². The standard InChI is InChI=1S/C25H28N2O4/c1-18-14-26(15-23-8-9-24(17-29)31-23)10-11-27(18)25(21-6-3-7-22(30)13-21)20-5-2-4-19(12-20)16-28/h2-9,12-13,16,18,25,29-30H,10-11,14-15,17H2,1H3. The quantitative estimate of drug-likeness (QED) is 0.569. The monoisotopic (exact) mass is 420 g/mol. The molecule has 162 valence electrons. The van der Waals surface area contributed by atoms with Gasteiger partial charge >= 0.3 is 0 Å². The first-order valence-electron chi connectivity index (χ1n) is 10.6. The molecule has 1 aliphatic heterocycles. The Labute approximate surface area is 182 Å². The number of aldehydes is 1. The number of furan rings is 1. The molecule has 4 rings (SSSR count). The van der Waals surface area contributed by atoms with Gasteiger partial charge in [-0.3, -0.25) is 14.6 Å². The number of aliphatic hydroxyl groups excluding tert-OH is 1. The summed E-state index contributed by atoms with van der Waals surface area (Å²) in [4.78, 5) is 16.1. The van der Waals surface area contributed by atoms with Gasteiger partial charge < -0.3 is 14.6 Å². The average Bonchev–Trinajstić information content (AvgIpc) is 3.23. The van der Waals surface area contributed by atoms with E-state index in [4.69, 9.17) is 4.42 Å². The maximum atomic E-state index is 11.4. The zero-order valence-corrected chi connectivity index (χ0v) is 17.6. The Balaban J connectivity index is 1.57. The number of hydrogen-bond acceptors (Lipinski definition) is 6. The number of nitrogens with zero attached hydrogens (tertiary/aromatic N) is 2. The molecule has 0 amide bonds. The molecule has 0 spiro atoms. The van der Waals surface area contributed by atoms with E-state index in [-0.39, 0.29) is 24.4 Å². The lowest BCUT2D eigenvalue weighted by Crippen LogP contribution is -2.52. The number of rotatable bonds is 7. The molecule has 6 heteroatoms. The smallest absolute Gasteiger partial charge is 0.150 e. The molecule has 2 atom stereocenters. The molecule has 2 N–H and O–H groups in total. The molecule has 0 saturated carbocycles. The van der Waals surface area contributed by atoms with Gasteiger partial charge in [0.2, 0.25) is 0 Å². The van der Waals surface area contributed by atoms with Crippen molar-refractivity contribution in [3.8, 4) is 5.75 Å². The predicted octanol–water partition coefficient (Wildman–Crippen LogP) is 3.59. The number of aromatic hydroxyl groups is 1. The maximum Gasteiger partial charge on any atom is 0.150 e. The zero-order chi connectivity index (χ0) is 21.8. The largest absolute Gasteiger partial charge is 0.508 e. The third-order valence-corrected chi connectivity index (χ3v) is 5.90. The van der Waals surface area contributed by atoms with Crippen molar-refractivity contribution in [1.82, 2.24) is 9.80 Å². The number of piperazine rings is 1. The summed E-state index contributed by atoms with van der Waals surface area (Å²) in [5.41, 5.74) is 2.68. The van der Waals surface area contributed by atoms with Gasteiger partial charge in [0.05, 0.1) is 12.6 Å². The molecular weight excluding hydrogens is 392 g/mol. The van der Waals surface area contributed by atoms with Crippen LogP contribution < -0.4 is 0 Å². The molecule has 2 aromatic carbocycles. The molecule has 6 nitrogen and oxygen atoms in total. The molecular formula is C25H28N2O4. The summed E-state index contributed by atoms with van der Waals surface area (Å²) < 4.78 is 5.66. The molecule has 2 unspecified atom stereocenters. The van der Waals surface area contributed by atoms with Crippen molar-refractivity contribution in [2.24, 2.45) is 0 Å². The van der Waals surface area contributed by atoms with Crippen molar-refractivity contribution in [1.29, 1.82) is 0 Å². The summed E-state index contributed by atoms with van der Waals surface area (Å²) in [7, 11) is 0. The summed E-state index contributed by atoms with van der Waals surface area (Å²) in [5, 5.41) is 19.3. The fourth-order valence-corrected chi connectivity index (χ4v) is 4.46. The molecule has 0 bridgehead atoms. The molecule has 1 fully saturated rings. The van der Waals surface area contributed by atoms with Gasteiger partial charge in [0.15, 0.2) is 0 Å². The normalized spacial score (nSPS) is 18.7. The second-order valence-corrected chi connectivity index (χ2v) is 8.13. The number of phenols is 1. The highest BCUT2D eigenvalue weighted by molar-refractivity contribution is 5.75. The third-order valence-electron chi connectivity index (χ3n) is 5.90. The van der Waals surface area contributed by atoms with Crippen molar-refractivity contribution in [3.63, 3.8) is 0 Å². The van der Waals surface area contributed by atoms with Crippen molar-refractivity contribution in [2.75, 3.05) is 19.6 Å². The first kappa shape index (κ1) is 21.3. The van der Waals surface area contributed by atoms with Crippen LogP contribution in [0.5, 0.6) is 5.75 Å². The third kappa shape index (κ3) is 4.88. The minimum atomic E-state index is -0.0877. The fourth-order valence-electron chi connectivity index (χ4n) is 4.46. The molecule has 0 radical (unpaired) electrons. The molecule has 3 aromatic rings. The average molecular weight is 421 g/mol. The van der Waals surface area contributed by atoms with Crippen LogP contribution in [0.15, 0.2) is 65.1 Å². The SMILES string of the molecule is CC1CN(Cc2ccc(CO)o2)CCN1C(c1cccc(O)c1)c1cccc(C=O)c1. The molecule has 2 heterocycles. The Morgan fingerprint density at radius 2 is 1.81 bits per heavy atom. The summed E-state index contributed by atoms with van der Waals surface area (Å²) in [6.07, 6.45) is 0.869. The van der Waals surface area contributed by atoms with Gasteiger partial charge in [0, 0.05) is 31.2 Å². The number of phenolic OH excluding ortho intramolecular Hbond substituents is 1. The lowest BCUT2D eigenvalue weighted by Gasteiger charge is -2.44. The molecule has 1 aliphatic rings.